The minimum absolute atomic E-state index is 0.0979. The molecule has 0 unspecified atom stereocenters. The van der Waals surface area contributed by atoms with Crippen molar-refractivity contribution in [3.63, 3.8) is 0 Å². The third kappa shape index (κ3) is 2.57. The zero-order valence-electron chi connectivity index (χ0n) is 10.5. The highest BCUT2D eigenvalue weighted by Gasteiger charge is 2.25. The Hall–Kier alpha value is -2.15. The van der Waals surface area contributed by atoms with Gasteiger partial charge in [0.2, 0.25) is 0 Å². The van der Waals surface area contributed by atoms with Gasteiger partial charge in [0.05, 0.1) is 17.7 Å². The van der Waals surface area contributed by atoms with Gasteiger partial charge in [0.15, 0.2) is 11.6 Å². The Morgan fingerprint density at radius 2 is 1.75 bits per heavy atom. The molecule has 0 fully saturated rings. The SMILES string of the molecule is COc1ccc(N(F)S(=O)(=O)c2ccccc2)cc1F. The molecule has 0 N–H and O–H groups in total. The minimum Gasteiger partial charge on any atom is -0.494 e. The van der Waals surface area contributed by atoms with Gasteiger partial charge in [0.25, 0.3) is 10.0 Å². The van der Waals surface area contributed by atoms with Gasteiger partial charge in [-0.2, -0.15) is 8.42 Å². The Labute approximate surface area is 115 Å². The third-order valence-corrected chi connectivity index (χ3v) is 4.09. The van der Waals surface area contributed by atoms with Crippen LogP contribution < -0.4 is 9.26 Å². The number of rotatable bonds is 4. The maximum Gasteiger partial charge on any atom is 0.290 e. The Balaban J connectivity index is 2.41. The molecule has 0 amide bonds. The van der Waals surface area contributed by atoms with Gasteiger partial charge in [-0.25, -0.2) is 4.39 Å². The number of halogens is 2. The molecule has 0 aliphatic heterocycles. The normalized spacial score (nSPS) is 11.2. The number of methoxy groups -OCH3 is 1. The van der Waals surface area contributed by atoms with Crippen LogP contribution in [0.15, 0.2) is 53.4 Å². The molecule has 2 rings (SSSR count). The van der Waals surface area contributed by atoms with E-state index in [0.717, 1.165) is 18.2 Å². The Morgan fingerprint density at radius 1 is 1.10 bits per heavy atom. The van der Waals surface area contributed by atoms with E-state index in [1.165, 1.54) is 31.4 Å². The van der Waals surface area contributed by atoms with Crippen molar-refractivity contribution in [2.75, 3.05) is 11.6 Å². The Bertz CT molecular complexity index is 705. The van der Waals surface area contributed by atoms with Crippen LogP contribution in [0.25, 0.3) is 0 Å². The summed E-state index contributed by atoms with van der Waals surface area (Å²) in [6.45, 7) is 0. The van der Waals surface area contributed by atoms with E-state index in [4.69, 9.17) is 0 Å². The van der Waals surface area contributed by atoms with Crippen LogP contribution in [0.1, 0.15) is 0 Å². The third-order valence-electron chi connectivity index (χ3n) is 2.59. The monoisotopic (exact) mass is 299 g/mol. The zero-order chi connectivity index (χ0) is 14.8. The van der Waals surface area contributed by atoms with E-state index in [2.05, 4.69) is 4.74 Å². The lowest BCUT2D eigenvalue weighted by atomic mass is 10.3. The van der Waals surface area contributed by atoms with Crippen LogP contribution in [0.5, 0.6) is 5.75 Å². The van der Waals surface area contributed by atoms with Crippen molar-refractivity contribution in [2.45, 2.75) is 4.90 Å². The molecule has 0 atom stereocenters. The predicted octanol–water partition coefficient (Wildman–Crippen LogP) is 2.91. The van der Waals surface area contributed by atoms with Gasteiger partial charge >= 0.3 is 0 Å². The largest absolute Gasteiger partial charge is 0.494 e. The van der Waals surface area contributed by atoms with Gasteiger partial charge in [0, 0.05) is 6.07 Å². The Morgan fingerprint density at radius 3 is 2.30 bits per heavy atom. The van der Waals surface area contributed by atoms with Gasteiger partial charge in [-0.05, 0) is 24.3 Å². The van der Waals surface area contributed by atoms with Gasteiger partial charge in [0.1, 0.15) is 0 Å². The summed E-state index contributed by atoms with van der Waals surface area (Å²) in [5.74, 6) is -0.949. The maximum atomic E-state index is 14.1. The van der Waals surface area contributed by atoms with Crippen LogP contribution in [0.2, 0.25) is 0 Å². The molecular weight excluding hydrogens is 288 g/mol. The highest BCUT2D eigenvalue weighted by molar-refractivity contribution is 7.92. The molecule has 0 aliphatic carbocycles. The van der Waals surface area contributed by atoms with Crippen molar-refractivity contribution in [1.82, 2.24) is 0 Å². The molecule has 106 valence electrons. The second-order valence-corrected chi connectivity index (χ2v) is 5.59. The van der Waals surface area contributed by atoms with Gasteiger partial charge in [-0.1, -0.05) is 27.2 Å². The van der Waals surface area contributed by atoms with Crippen LogP contribution in [-0.4, -0.2) is 15.5 Å². The lowest BCUT2D eigenvalue weighted by molar-refractivity contribution is 0.386. The summed E-state index contributed by atoms with van der Waals surface area (Å²) in [4.78, 5) is -0.223. The summed E-state index contributed by atoms with van der Waals surface area (Å²) in [5, 5.41) is 0. The first-order valence-corrected chi connectivity index (χ1v) is 7.00. The minimum atomic E-state index is -4.37. The van der Waals surface area contributed by atoms with E-state index in [1.54, 1.807) is 6.07 Å². The molecule has 20 heavy (non-hydrogen) atoms. The fourth-order valence-corrected chi connectivity index (χ4v) is 2.67. The van der Waals surface area contributed by atoms with E-state index in [1.807, 2.05) is 0 Å². The molecular formula is C13H11F2NO3S. The lowest BCUT2D eigenvalue weighted by Crippen LogP contribution is -2.22. The van der Waals surface area contributed by atoms with Crippen LogP contribution >= 0.6 is 0 Å². The molecule has 2 aromatic rings. The van der Waals surface area contributed by atoms with Crippen LogP contribution in [0.4, 0.5) is 14.6 Å². The molecule has 0 aromatic heterocycles. The number of ether oxygens (including phenoxy) is 1. The summed E-state index contributed by atoms with van der Waals surface area (Å²) < 4.78 is 55.7. The summed E-state index contributed by atoms with van der Waals surface area (Å²) in [6.07, 6.45) is 0. The van der Waals surface area contributed by atoms with Crippen LogP contribution in [0, 0.1) is 5.82 Å². The van der Waals surface area contributed by atoms with Crippen LogP contribution in [-0.2, 0) is 10.0 Å². The average molecular weight is 299 g/mol. The van der Waals surface area contributed by atoms with Crippen molar-refractivity contribution in [3.05, 3.63) is 54.3 Å². The first-order chi connectivity index (χ1) is 9.46. The second-order valence-electron chi connectivity index (χ2n) is 3.85. The highest BCUT2D eigenvalue weighted by Crippen LogP contribution is 2.28. The van der Waals surface area contributed by atoms with E-state index in [-0.39, 0.29) is 10.6 Å². The van der Waals surface area contributed by atoms with Crippen molar-refractivity contribution in [1.29, 1.82) is 0 Å². The number of hydrogen-bond donors (Lipinski definition) is 0. The smallest absolute Gasteiger partial charge is 0.290 e. The summed E-state index contributed by atoms with van der Waals surface area (Å²) in [6, 6.07) is 10.1. The highest BCUT2D eigenvalue weighted by atomic mass is 32.2. The van der Waals surface area contributed by atoms with Gasteiger partial charge in [-0.15, -0.1) is 0 Å². The van der Waals surface area contributed by atoms with Crippen molar-refractivity contribution in [2.24, 2.45) is 0 Å². The van der Waals surface area contributed by atoms with Crippen molar-refractivity contribution >= 4 is 15.7 Å². The zero-order valence-corrected chi connectivity index (χ0v) is 11.3. The van der Waals surface area contributed by atoms with E-state index < -0.39 is 26.1 Å². The molecule has 2 aromatic carbocycles. The van der Waals surface area contributed by atoms with Gasteiger partial charge < -0.3 is 4.74 Å². The quantitative estimate of drug-likeness (QED) is 0.816. The fourth-order valence-electron chi connectivity index (χ4n) is 1.59. The fraction of sp³-hybridized carbons (Fsp3) is 0.0769. The topological polar surface area (TPSA) is 46.6 Å². The van der Waals surface area contributed by atoms with E-state index in [0.29, 0.717) is 0 Å². The number of sulfonamides is 1. The molecule has 0 saturated heterocycles. The van der Waals surface area contributed by atoms with E-state index >= 15 is 0 Å². The molecule has 4 nitrogen and oxygen atoms in total. The molecule has 0 radical (unpaired) electrons. The lowest BCUT2D eigenvalue weighted by Gasteiger charge is -2.14. The first-order valence-electron chi connectivity index (χ1n) is 5.56. The van der Waals surface area contributed by atoms with Crippen LogP contribution in [0.3, 0.4) is 0 Å². The van der Waals surface area contributed by atoms with Crippen molar-refractivity contribution < 1.29 is 22.0 Å². The van der Waals surface area contributed by atoms with Crippen molar-refractivity contribution in [3.8, 4) is 5.75 Å². The number of anilines is 1. The predicted molar refractivity (Wildman–Crippen MR) is 70.2 cm³/mol. The maximum absolute atomic E-state index is 14.1. The first kappa shape index (κ1) is 14.3. The standard InChI is InChI=1S/C13H11F2NO3S/c1-19-13-8-7-10(9-12(13)14)16(15)20(17,18)11-5-3-2-4-6-11/h2-9H,1H3. The van der Waals surface area contributed by atoms with E-state index in [9.17, 15) is 17.3 Å². The Kier molecular flexibility index (Phi) is 3.89. The summed E-state index contributed by atoms with van der Waals surface area (Å²) in [5.41, 5.74) is -0.438. The molecule has 0 saturated carbocycles. The molecule has 0 heterocycles. The van der Waals surface area contributed by atoms with Gasteiger partial charge in [-0.3, -0.25) is 0 Å². The molecule has 7 heteroatoms. The average Bonchev–Trinajstić information content (AvgIpc) is 2.47. The number of benzene rings is 2. The second kappa shape index (κ2) is 5.46. The number of nitrogens with zero attached hydrogens (tertiary/aromatic N) is 1. The summed E-state index contributed by atoms with van der Waals surface area (Å²) in [7, 11) is -3.11. The summed E-state index contributed by atoms with van der Waals surface area (Å²) >= 11 is 0. The molecule has 0 aliphatic rings. The molecule has 0 spiro atoms. The number of hydrogen-bond acceptors (Lipinski definition) is 3. The molecule has 0 bridgehead atoms.